The van der Waals surface area contributed by atoms with Crippen LogP contribution in [0.5, 0.6) is 5.75 Å². The fraction of sp³-hybridized carbons (Fsp3) is 0.471. The van der Waals surface area contributed by atoms with Crippen molar-refractivity contribution >= 4 is 18.3 Å². The zero-order valence-electron chi connectivity index (χ0n) is 13.9. The number of carbonyl (C=O) groups excluding carboxylic acids is 1. The van der Waals surface area contributed by atoms with Gasteiger partial charge in [-0.15, -0.1) is 12.4 Å². The maximum atomic E-state index is 13.0. The van der Waals surface area contributed by atoms with E-state index in [1.807, 2.05) is 7.05 Å². The predicted octanol–water partition coefficient (Wildman–Crippen LogP) is 3.37. The standard InChI is InChI=1S/C17H21F3N2O2.ClH/c1-3-8-24-15-5-4-13(17(18,19)20)9-14(15)16(23)22-7-6-12(11-22)10-21-2;/h3-5,9,12,21H,1,6-8,10-11H2,2H3;1H. The van der Waals surface area contributed by atoms with Gasteiger partial charge in [0.15, 0.2) is 0 Å². The van der Waals surface area contributed by atoms with Crippen molar-refractivity contribution in [3.63, 3.8) is 0 Å². The van der Waals surface area contributed by atoms with Crippen LogP contribution in [-0.2, 0) is 6.18 Å². The summed E-state index contributed by atoms with van der Waals surface area (Å²) in [5.74, 6) is 0.0195. The summed E-state index contributed by atoms with van der Waals surface area (Å²) in [6.45, 7) is 5.45. The molecule has 1 heterocycles. The van der Waals surface area contributed by atoms with Crippen molar-refractivity contribution < 1.29 is 22.7 Å². The van der Waals surface area contributed by atoms with Gasteiger partial charge in [0.05, 0.1) is 11.1 Å². The lowest BCUT2D eigenvalue weighted by Gasteiger charge is -2.20. The van der Waals surface area contributed by atoms with Crippen LogP contribution in [0.25, 0.3) is 0 Å². The van der Waals surface area contributed by atoms with Crippen LogP contribution in [-0.4, -0.2) is 44.1 Å². The molecular formula is C17H22ClF3N2O2. The fourth-order valence-electron chi connectivity index (χ4n) is 2.79. The second-order valence-corrected chi connectivity index (χ2v) is 5.77. The molecular weight excluding hydrogens is 357 g/mol. The van der Waals surface area contributed by atoms with Gasteiger partial charge in [-0.25, -0.2) is 0 Å². The molecule has 1 unspecified atom stereocenters. The lowest BCUT2D eigenvalue weighted by molar-refractivity contribution is -0.137. The van der Waals surface area contributed by atoms with Crippen LogP contribution in [0.2, 0.25) is 0 Å². The topological polar surface area (TPSA) is 41.6 Å². The normalized spacial score (nSPS) is 17.1. The molecule has 2 rings (SSSR count). The highest BCUT2D eigenvalue weighted by atomic mass is 35.5. The Morgan fingerprint density at radius 2 is 2.20 bits per heavy atom. The number of nitrogens with one attached hydrogen (secondary N) is 1. The summed E-state index contributed by atoms with van der Waals surface area (Å²) < 4.78 is 44.3. The SMILES string of the molecule is C=CCOc1ccc(C(F)(F)F)cc1C(=O)N1CCC(CNC)C1.Cl. The number of amides is 1. The van der Waals surface area contributed by atoms with Crippen LogP contribution in [0, 0.1) is 5.92 Å². The number of benzene rings is 1. The van der Waals surface area contributed by atoms with Gasteiger partial charge in [-0.3, -0.25) is 4.79 Å². The first-order valence-corrected chi connectivity index (χ1v) is 7.75. The van der Waals surface area contributed by atoms with E-state index >= 15 is 0 Å². The van der Waals surface area contributed by atoms with Crippen LogP contribution >= 0.6 is 12.4 Å². The first-order chi connectivity index (χ1) is 11.4. The van der Waals surface area contributed by atoms with Gasteiger partial charge in [0.2, 0.25) is 0 Å². The van der Waals surface area contributed by atoms with Crippen LogP contribution in [0.15, 0.2) is 30.9 Å². The summed E-state index contributed by atoms with van der Waals surface area (Å²) >= 11 is 0. The van der Waals surface area contributed by atoms with Gasteiger partial charge in [-0.1, -0.05) is 12.7 Å². The van der Waals surface area contributed by atoms with Crippen molar-refractivity contribution in [3.05, 3.63) is 42.0 Å². The Morgan fingerprint density at radius 3 is 2.80 bits per heavy atom. The van der Waals surface area contributed by atoms with E-state index < -0.39 is 17.6 Å². The molecule has 0 spiro atoms. The summed E-state index contributed by atoms with van der Waals surface area (Å²) in [6, 6.07) is 2.98. The maximum Gasteiger partial charge on any atom is 0.416 e. The van der Waals surface area contributed by atoms with Gasteiger partial charge in [0.1, 0.15) is 12.4 Å². The second-order valence-electron chi connectivity index (χ2n) is 5.77. The number of halogens is 4. The minimum absolute atomic E-state index is 0. The fourth-order valence-corrected chi connectivity index (χ4v) is 2.79. The third kappa shape index (κ3) is 5.37. The molecule has 1 atom stereocenters. The summed E-state index contributed by atoms with van der Waals surface area (Å²) in [5.41, 5.74) is -0.917. The average Bonchev–Trinajstić information content (AvgIpc) is 3.00. The Balaban J connectivity index is 0.00000312. The van der Waals surface area contributed by atoms with Crippen LogP contribution in [0.3, 0.4) is 0 Å². The predicted molar refractivity (Wildman–Crippen MR) is 92.3 cm³/mol. The van der Waals surface area contributed by atoms with Crippen LogP contribution in [0.4, 0.5) is 13.2 Å². The molecule has 4 nitrogen and oxygen atoms in total. The molecule has 0 aromatic heterocycles. The molecule has 0 saturated carbocycles. The summed E-state index contributed by atoms with van der Waals surface area (Å²) in [5, 5.41) is 3.05. The molecule has 1 aromatic rings. The van der Waals surface area contributed by atoms with Crippen molar-refractivity contribution in [1.29, 1.82) is 0 Å². The Morgan fingerprint density at radius 1 is 1.48 bits per heavy atom. The highest BCUT2D eigenvalue weighted by Crippen LogP contribution is 2.33. The van der Waals surface area contributed by atoms with E-state index in [1.165, 1.54) is 12.1 Å². The Labute approximate surface area is 151 Å². The number of nitrogens with zero attached hydrogens (tertiary/aromatic N) is 1. The molecule has 0 aliphatic carbocycles. The van der Waals surface area contributed by atoms with Crippen molar-refractivity contribution in [2.24, 2.45) is 5.92 Å². The van der Waals surface area contributed by atoms with E-state index in [1.54, 1.807) is 4.90 Å². The summed E-state index contributed by atoms with van der Waals surface area (Å²) in [4.78, 5) is 14.3. The van der Waals surface area contributed by atoms with Gasteiger partial charge in [-0.05, 0) is 44.1 Å². The monoisotopic (exact) mass is 378 g/mol. The third-order valence-corrected chi connectivity index (χ3v) is 3.96. The number of hydrogen-bond donors (Lipinski definition) is 1. The summed E-state index contributed by atoms with van der Waals surface area (Å²) in [7, 11) is 1.83. The second kappa shape index (κ2) is 9.10. The molecule has 1 fully saturated rings. The number of carbonyl (C=O) groups is 1. The number of rotatable bonds is 6. The number of ether oxygens (including phenoxy) is 1. The number of hydrogen-bond acceptors (Lipinski definition) is 3. The van der Waals surface area contributed by atoms with E-state index in [4.69, 9.17) is 4.74 Å². The van der Waals surface area contributed by atoms with E-state index in [0.717, 1.165) is 25.1 Å². The first kappa shape index (κ1) is 21.3. The van der Waals surface area contributed by atoms with Gasteiger partial charge in [-0.2, -0.15) is 13.2 Å². The zero-order valence-corrected chi connectivity index (χ0v) is 14.8. The van der Waals surface area contributed by atoms with Gasteiger partial charge >= 0.3 is 6.18 Å². The highest BCUT2D eigenvalue weighted by Gasteiger charge is 2.34. The number of alkyl halides is 3. The molecule has 1 aromatic carbocycles. The van der Waals surface area contributed by atoms with E-state index in [-0.39, 0.29) is 30.3 Å². The quantitative estimate of drug-likeness (QED) is 0.772. The van der Waals surface area contributed by atoms with E-state index in [2.05, 4.69) is 11.9 Å². The molecule has 1 aliphatic rings. The van der Waals surface area contributed by atoms with E-state index in [0.29, 0.717) is 19.0 Å². The Bertz CT molecular complexity index is 608. The van der Waals surface area contributed by atoms with E-state index in [9.17, 15) is 18.0 Å². The molecule has 1 amide bonds. The lowest BCUT2D eigenvalue weighted by atomic mass is 10.1. The van der Waals surface area contributed by atoms with Gasteiger partial charge in [0, 0.05) is 13.1 Å². The number of likely N-dealkylation sites (tertiary alicyclic amines) is 1. The molecule has 1 N–H and O–H groups in total. The van der Waals surface area contributed by atoms with Crippen LogP contribution < -0.4 is 10.1 Å². The van der Waals surface area contributed by atoms with Gasteiger partial charge < -0.3 is 15.0 Å². The summed E-state index contributed by atoms with van der Waals surface area (Å²) in [6.07, 6.45) is -2.20. The molecule has 25 heavy (non-hydrogen) atoms. The molecule has 0 bridgehead atoms. The van der Waals surface area contributed by atoms with Crippen molar-refractivity contribution in [3.8, 4) is 5.75 Å². The Kier molecular flexibility index (Phi) is 7.76. The Hall–Kier alpha value is -1.73. The van der Waals surface area contributed by atoms with Crippen molar-refractivity contribution in [2.75, 3.05) is 33.3 Å². The minimum Gasteiger partial charge on any atom is -0.489 e. The molecule has 0 radical (unpaired) electrons. The average molecular weight is 379 g/mol. The molecule has 1 aliphatic heterocycles. The van der Waals surface area contributed by atoms with Crippen molar-refractivity contribution in [1.82, 2.24) is 10.2 Å². The largest absolute Gasteiger partial charge is 0.489 e. The van der Waals surface area contributed by atoms with Gasteiger partial charge in [0.25, 0.3) is 5.91 Å². The lowest BCUT2D eigenvalue weighted by Crippen LogP contribution is -2.31. The molecule has 1 saturated heterocycles. The highest BCUT2D eigenvalue weighted by molar-refractivity contribution is 5.97. The first-order valence-electron chi connectivity index (χ1n) is 7.75. The minimum atomic E-state index is -4.51. The zero-order chi connectivity index (χ0) is 17.7. The van der Waals surface area contributed by atoms with Crippen LogP contribution in [0.1, 0.15) is 22.3 Å². The molecule has 140 valence electrons. The molecule has 8 heteroatoms. The third-order valence-electron chi connectivity index (χ3n) is 3.96. The maximum absolute atomic E-state index is 13.0. The smallest absolute Gasteiger partial charge is 0.416 e. The van der Waals surface area contributed by atoms with Crippen molar-refractivity contribution in [2.45, 2.75) is 12.6 Å².